The van der Waals surface area contributed by atoms with Crippen molar-refractivity contribution in [1.82, 2.24) is 0 Å². The van der Waals surface area contributed by atoms with Crippen LogP contribution in [0, 0.1) is 17.2 Å². The van der Waals surface area contributed by atoms with Crippen molar-refractivity contribution in [2.24, 2.45) is 5.92 Å². The lowest BCUT2D eigenvalue weighted by Crippen LogP contribution is -1.95. The van der Waals surface area contributed by atoms with Gasteiger partial charge in [-0.3, -0.25) is 0 Å². The Morgan fingerprint density at radius 3 is 2.93 bits per heavy atom. The molecule has 1 fully saturated rings. The molecule has 1 aromatic carbocycles. The summed E-state index contributed by atoms with van der Waals surface area (Å²) in [6.07, 6.45) is 0.987. The molecule has 0 aliphatic heterocycles. The SMILES string of the molecule is CCOc1ccccc1C1CC1C#N. The molecule has 14 heavy (non-hydrogen) atoms. The quantitative estimate of drug-likeness (QED) is 0.728. The average molecular weight is 187 g/mol. The van der Waals surface area contributed by atoms with Crippen LogP contribution < -0.4 is 4.74 Å². The number of para-hydroxylation sites is 1. The first kappa shape index (κ1) is 9.08. The Morgan fingerprint density at radius 1 is 1.50 bits per heavy atom. The Bertz CT molecular complexity index is 367. The van der Waals surface area contributed by atoms with Crippen LogP contribution >= 0.6 is 0 Å². The molecule has 0 amide bonds. The van der Waals surface area contributed by atoms with Gasteiger partial charge in [-0.1, -0.05) is 18.2 Å². The Balaban J connectivity index is 2.21. The van der Waals surface area contributed by atoms with Crippen LogP contribution in [0.25, 0.3) is 0 Å². The highest BCUT2D eigenvalue weighted by Gasteiger charge is 2.40. The van der Waals surface area contributed by atoms with Crippen LogP contribution in [0.15, 0.2) is 24.3 Å². The fourth-order valence-corrected chi connectivity index (χ4v) is 1.76. The molecular weight excluding hydrogens is 174 g/mol. The van der Waals surface area contributed by atoms with Crippen molar-refractivity contribution in [3.8, 4) is 11.8 Å². The summed E-state index contributed by atoms with van der Waals surface area (Å²) < 4.78 is 5.52. The Kier molecular flexibility index (Phi) is 2.41. The van der Waals surface area contributed by atoms with E-state index in [1.807, 2.05) is 25.1 Å². The van der Waals surface area contributed by atoms with Crippen LogP contribution in [0.1, 0.15) is 24.8 Å². The minimum atomic E-state index is 0.205. The van der Waals surface area contributed by atoms with Crippen LogP contribution in [0.5, 0.6) is 5.75 Å². The molecule has 2 heteroatoms. The van der Waals surface area contributed by atoms with E-state index >= 15 is 0 Å². The molecule has 1 aliphatic carbocycles. The molecule has 2 unspecified atom stereocenters. The van der Waals surface area contributed by atoms with Gasteiger partial charge in [-0.05, 0) is 25.0 Å². The number of ether oxygens (including phenoxy) is 1. The van der Waals surface area contributed by atoms with E-state index < -0.39 is 0 Å². The number of nitrogens with zero attached hydrogens (tertiary/aromatic N) is 1. The molecule has 1 aliphatic rings. The van der Waals surface area contributed by atoms with Crippen molar-refractivity contribution in [3.05, 3.63) is 29.8 Å². The molecule has 0 aromatic heterocycles. The molecule has 0 heterocycles. The molecule has 0 radical (unpaired) electrons. The molecule has 0 N–H and O–H groups in total. The van der Waals surface area contributed by atoms with Gasteiger partial charge in [0.2, 0.25) is 0 Å². The van der Waals surface area contributed by atoms with Gasteiger partial charge in [-0.15, -0.1) is 0 Å². The topological polar surface area (TPSA) is 33.0 Å². The van der Waals surface area contributed by atoms with Crippen molar-refractivity contribution < 1.29 is 4.74 Å². The highest BCUT2D eigenvalue weighted by molar-refractivity contribution is 5.41. The molecular formula is C12H13NO. The molecule has 0 saturated heterocycles. The maximum atomic E-state index is 8.77. The summed E-state index contributed by atoms with van der Waals surface area (Å²) >= 11 is 0. The first-order valence-electron chi connectivity index (χ1n) is 4.98. The lowest BCUT2D eigenvalue weighted by Gasteiger charge is -2.08. The Morgan fingerprint density at radius 2 is 2.29 bits per heavy atom. The van der Waals surface area contributed by atoms with Crippen LogP contribution in [0.4, 0.5) is 0 Å². The minimum Gasteiger partial charge on any atom is -0.494 e. The van der Waals surface area contributed by atoms with Crippen molar-refractivity contribution in [1.29, 1.82) is 5.26 Å². The van der Waals surface area contributed by atoms with Crippen molar-refractivity contribution in [3.63, 3.8) is 0 Å². The van der Waals surface area contributed by atoms with E-state index in [1.54, 1.807) is 0 Å². The normalized spacial score (nSPS) is 24.0. The van der Waals surface area contributed by atoms with Gasteiger partial charge in [0.15, 0.2) is 0 Å². The summed E-state index contributed by atoms with van der Waals surface area (Å²) in [7, 11) is 0. The van der Waals surface area contributed by atoms with Gasteiger partial charge in [0.1, 0.15) is 5.75 Å². The lowest BCUT2D eigenvalue weighted by atomic mass is 10.1. The van der Waals surface area contributed by atoms with Crippen molar-refractivity contribution >= 4 is 0 Å². The standard InChI is InChI=1S/C12H13NO/c1-2-14-12-6-4-3-5-10(12)11-7-9(11)8-13/h3-6,9,11H,2,7H2,1H3. The number of nitriles is 1. The smallest absolute Gasteiger partial charge is 0.122 e. The van der Waals surface area contributed by atoms with Gasteiger partial charge in [0, 0.05) is 5.92 Å². The Hall–Kier alpha value is -1.49. The number of rotatable bonds is 3. The molecule has 72 valence electrons. The third kappa shape index (κ3) is 1.58. The van der Waals surface area contributed by atoms with E-state index in [9.17, 15) is 0 Å². The number of hydrogen-bond acceptors (Lipinski definition) is 2. The molecule has 2 nitrogen and oxygen atoms in total. The summed E-state index contributed by atoms with van der Waals surface area (Å²) in [5.41, 5.74) is 1.20. The summed E-state index contributed by atoms with van der Waals surface area (Å²) in [5.74, 6) is 1.55. The van der Waals surface area contributed by atoms with Gasteiger partial charge < -0.3 is 4.74 Å². The zero-order valence-corrected chi connectivity index (χ0v) is 8.23. The van der Waals surface area contributed by atoms with Gasteiger partial charge in [-0.25, -0.2) is 0 Å². The van der Waals surface area contributed by atoms with Gasteiger partial charge >= 0.3 is 0 Å². The van der Waals surface area contributed by atoms with E-state index in [2.05, 4.69) is 12.1 Å². The molecule has 0 spiro atoms. The molecule has 1 aromatic rings. The third-order valence-electron chi connectivity index (χ3n) is 2.57. The van der Waals surface area contributed by atoms with Crippen LogP contribution in [-0.4, -0.2) is 6.61 Å². The second-order valence-electron chi connectivity index (χ2n) is 3.55. The van der Waals surface area contributed by atoms with E-state index in [4.69, 9.17) is 10.00 Å². The highest BCUT2D eigenvalue weighted by Crippen LogP contribution is 2.49. The number of hydrogen-bond donors (Lipinski definition) is 0. The summed E-state index contributed by atoms with van der Waals surface area (Å²) in [6.45, 7) is 2.66. The molecule has 0 bridgehead atoms. The van der Waals surface area contributed by atoms with Gasteiger partial charge in [0.05, 0.1) is 18.6 Å². The van der Waals surface area contributed by atoms with E-state index in [1.165, 1.54) is 5.56 Å². The summed E-state index contributed by atoms with van der Waals surface area (Å²) in [4.78, 5) is 0. The van der Waals surface area contributed by atoms with E-state index in [-0.39, 0.29) is 5.92 Å². The zero-order valence-electron chi connectivity index (χ0n) is 8.23. The zero-order chi connectivity index (χ0) is 9.97. The maximum absolute atomic E-state index is 8.77. The van der Waals surface area contributed by atoms with Gasteiger partial charge in [0.25, 0.3) is 0 Å². The van der Waals surface area contributed by atoms with Gasteiger partial charge in [-0.2, -0.15) is 5.26 Å². The number of benzene rings is 1. The Labute approximate surface area is 84.1 Å². The monoisotopic (exact) mass is 187 g/mol. The molecule has 2 rings (SSSR count). The second kappa shape index (κ2) is 3.71. The first-order chi connectivity index (χ1) is 6.86. The van der Waals surface area contributed by atoms with Crippen LogP contribution in [0.2, 0.25) is 0 Å². The highest BCUT2D eigenvalue weighted by atomic mass is 16.5. The largest absolute Gasteiger partial charge is 0.494 e. The second-order valence-corrected chi connectivity index (χ2v) is 3.55. The summed E-state index contributed by atoms with van der Waals surface area (Å²) in [6, 6.07) is 10.3. The fraction of sp³-hybridized carbons (Fsp3) is 0.417. The van der Waals surface area contributed by atoms with Crippen molar-refractivity contribution in [2.75, 3.05) is 6.61 Å². The lowest BCUT2D eigenvalue weighted by molar-refractivity contribution is 0.336. The van der Waals surface area contributed by atoms with Crippen molar-refractivity contribution in [2.45, 2.75) is 19.3 Å². The third-order valence-corrected chi connectivity index (χ3v) is 2.57. The van der Waals surface area contributed by atoms with Crippen LogP contribution in [-0.2, 0) is 0 Å². The van der Waals surface area contributed by atoms with E-state index in [0.29, 0.717) is 12.5 Å². The molecule has 2 atom stereocenters. The minimum absolute atomic E-state index is 0.205. The predicted octanol–water partition coefficient (Wildman–Crippen LogP) is 2.71. The fourth-order valence-electron chi connectivity index (χ4n) is 1.76. The summed E-state index contributed by atoms with van der Waals surface area (Å²) in [5, 5.41) is 8.77. The average Bonchev–Trinajstić information content (AvgIpc) is 2.98. The predicted molar refractivity (Wildman–Crippen MR) is 54.1 cm³/mol. The van der Waals surface area contributed by atoms with E-state index in [0.717, 1.165) is 12.2 Å². The van der Waals surface area contributed by atoms with Crippen LogP contribution in [0.3, 0.4) is 0 Å². The maximum Gasteiger partial charge on any atom is 0.122 e. The molecule has 1 saturated carbocycles. The first-order valence-corrected chi connectivity index (χ1v) is 4.98.